The molecule has 0 aliphatic heterocycles. The van der Waals surface area contributed by atoms with Gasteiger partial charge in [-0.1, -0.05) is 79.4 Å². The molecule has 0 N–H and O–H groups in total. The number of anilines is 5. The van der Waals surface area contributed by atoms with Gasteiger partial charge in [-0.05, 0) is 109 Å². The molecule has 0 saturated heterocycles. The first kappa shape index (κ1) is 30.1. The molecular weight excluding hydrogens is 561 g/mol. The highest BCUT2D eigenvalue weighted by molar-refractivity contribution is 7.98. The zero-order valence-electron chi connectivity index (χ0n) is 24.6. The van der Waals surface area contributed by atoms with Gasteiger partial charge in [0.1, 0.15) is 0 Å². The van der Waals surface area contributed by atoms with E-state index in [1.165, 1.54) is 10.5 Å². The highest BCUT2D eigenvalue weighted by Gasteiger charge is 2.14. The molecule has 5 rings (SSSR count). The number of nitrogens with zero attached hydrogens (tertiary/aromatic N) is 2. The van der Waals surface area contributed by atoms with Crippen LogP contribution < -0.4 is 9.80 Å². The summed E-state index contributed by atoms with van der Waals surface area (Å²) in [4.78, 5) is 5.71. The van der Waals surface area contributed by atoms with E-state index in [-0.39, 0.29) is 0 Å². The molecule has 0 spiro atoms. The molecular formula is C39H36N2S2. The average molecular weight is 597 g/mol. The van der Waals surface area contributed by atoms with Crippen molar-refractivity contribution in [1.29, 1.82) is 0 Å². The number of thiol groups is 1. The second kappa shape index (κ2) is 14.7. The van der Waals surface area contributed by atoms with E-state index in [0.29, 0.717) is 5.75 Å². The van der Waals surface area contributed by atoms with Crippen LogP contribution in [0.2, 0.25) is 0 Å². The Morgan fingerprint density at radius 1 is 0.651 bits per heavy atom. The summed E-state index contributed by atoms with van der Waals surface area (Å²) in [6.45, 7) is 6.53. The van der Waals surface area contributed by atoms with Crippen molar-refractivity contribution in [3.05, 3.63) is 175 Å². The molecule has 0 amide bonds. The number of rotatable bonds is 11. The van der Waals surface area contributed by atoms with E-state index >= 15 is 0 Å². The van der Waals surface area contributed by atoms with E-state index in [9.17, 15) is 0 Å². The molecule has 0 bridgehead atoms. The minimum absolute atomic E-state index is 0.712. The summed E-state index contributed by atoms with van der Waals surface area (Å²) in [5.74, 6) is 0.712. The average Bonchev–Trinajstić information content (AvgIpc) is 3.07. The molecule has 214 valence electrons. The molecule has 0 saturated carbocycles. The van der Waals surface area contributed by atoms with Crippen LogP contribution in [0.5, 0.6) is 0 Å². The van der Waals surface area contributed by atoms with Gasteiger partial charge < -0.3 is 9.80 Å². The van der Waals surface area contributed by atoms with Crippen LogP contribution in [-0.2, 0) is 5.75 Å². The highest BCUT2D eigenvalue weighted by Crippen LogP contribution is 2.36. The van der Waals surface area contributed by atoms with Crippen molar-refractivity contribution in [1.82, 2.24) is 0 Å². The lowest BCUT2D eigenvalue weighted by molar-refractivity contribution is 1.21. The first-order chi connectivity index (χ1) is 21.1. The summed E-state index contributed by atoms with van der Waals surface area (Å²) in [6, 6.07) is 46.8. The Morgan fingerprint density at radius 2 is 1.14 bits per heavy atom. The Hall–Kier alpha value is -4.38. The molecule has 43 heavy (non-hydrogen) atoms. The van der Waals surface area contributed by atoms with E-state index in [2.05, 4.69) is 188 Å². The van der Waals surface area contributed by atoms with Gasteiger partial charge in [-0.2, -0.15) is 12.6 Å². The highest BCUT2D eigenvalue weighted by atomic mass is 32.2. The monoisotopic (exact) mass is 596 g/mol. The topological polar surface area (TPSA) is 6.48 Å². The maximum absolute atomic E-state index is 4.46. The van der Waals surface area contributed by atoms with Gasteiger partial charge in [0, 0.05) is 44.8 Å². The largest absolute Gasteiger partial charge is 0.311 e. The van der Waals surface area contributed by atoms with E-state index in [0.717, 1.165) is 45.3 Å². The van der Waals surface area contributed by atoms with Gasteiger partial charge in [-0.15, -0.1) is 11.8 Å². The van der Waals surface area contributed by atoms with Crippen molar-refractivity contribution in [3.8, 4) is 0 Å². The molecule has 0 unspecified atom stereocenters. The molecule has 0 heterocycles. The lowest BCUT2D eigenvalue weighted by Crippen LogP contribution is -2.14. The fraction of sp³-hybridized carbons (Fsp3) is 0.0769. The maximum atomic E-state index is 4.46. The summed E-state index contributed by atoms with van der Waals surface area (Å²) in [5, 5.41) is 0. The Balaban J connectivity index is 1.41. The van der Waals surface area contributed by atoms with Crippen molar-refractivity contribution in [2.75, 3.05) is 16.1 Å². The molecule has 0 atom stereocenters. The second-order valence-corrected chi connectivity index (χ2v) is 11.2. The third-order valence-corrected chi connectivity index (χ3v) is 8.36. The van der Waals surface area contributed by atoms with Crippen molar-refractivity contribution in [3.63, 3.8) is 0 Å². The Morgan fingerprint density at radius 3 is 1.67 bits per heavy atom. The van der Waals surface area contributed by atoms with E-state index in [1.807, 2.05) is 6.07 Å². The predicted molar refractivity (Wildman–Crippen MR) is 193 cm³/mol. The van der Waals surface area contributed by atoms with Gasteiger partial charge in [0.05, 0.1) is 0 Å². The number of benzene rings is 5. The van der Waals surface area contributed by atoms with Crippen LogP contribution in [0, 0.1) is 0 Å². The van der Waals surface area contributed by atoms with Crippen LogP contribution >= 0.6 is 24.4 Å². The van der Waals surface area contributed by atoms with Crippen molar-refractivity contribution < 1.29 is 0 Å². The van der Waals surface area contributed by atoms with Crippen molar-refractivity contribution in [2.45, 2.75) is 17.6 Å². The third kappa shape index (κ3) is 7.34. The molecule has 5 aromatic carbocycles. The maximum Gasteiger partial charge on any atom is 0.0462 e. The van der Waals surface area contributed by atoms with Gasteiger partial charge in [0.15, 0.2) is 0 Å². The normalized spacial score (nSPS) is 11.5. The van der Waals surface area contributed by atoms with Crippen LogP contribution in [0.25, 0.3) is 5.57 Å². The predicted octanol–water partition coefficient (Wildman–Crippen LogP) is 11.6. The smallest absolute Gasteiger partial charge is 0.0462 e. The lowest BCUT2D eigenvalue weighted by atomic mass is 10.0. The minimum atomic E-state index is 0.712. The van der Waals surface area contributed by atoms with Gasteiger partial charge in [0.2, 0.25) is 0 Å². The SMILES string of the molecule is C=C(/C=C\C(=C/C)c1ccc(N(c2ccccc2)c2ccc(SC)cc2)cc1)N(c1ccccc1)c1ccc(CS)cc1. The van der Waals surface area contributed by atoms with Crippen molar-refractivity contribution in [2.24, 2.45) is 0 Å². The first-order valence-corrected chi connectivity index (χ1v) is 16.1. The molecule has 4 heteroatoms. The lowest BCUT2D eigenvalue weighted by Gasteiger charge is -2.26. The Labute approximate surface area is 266 Å². The second-order valence-electron chi connectivity index (χ2n) is 9.98. The number of hydrogen-bond acceptors (Lipinski definition) is 4. The van der Waals surface area contributed by atoms with E-state index in [4.69, 9.17) is 0 Å². The number of thioether (sulfide) groups is 1. The molecule has 0 aliphatic rings. The quantitative estimate of drug-likeness (QED) is 0.0921. The molecule has 0 aliphatic carbocycles. The molecule has 2 nitrogen and oxygen atoms in total. The summed E-state index contributed by atoms with van der Waals surface area (Å²) in [7, 11) is 0. The first-order valence-electron chi connectivity index (χ1n) is 14.3. The fourth-order valence-electron chi connectivity index (χ4n) is 4.99. The molecule has 5 aromatic rings. The third-order valence-electron chi connectivity index (χ3n) is 7.25. The zero-order chi connectivity index (χ0) is 30.0. The Kier molecular flexibility index (Phi) is 10.3. The van der Waals surface area contributed by atoms with Crippen LogP contribution in [0.15, 0.2) is 169 Å². The summed E-state index contributed by atoms with van der Waals surface area (Å²) in [5.41, 5.74) is 9.81. The molecule has 0 radical (unpaired) electrons. The van der Waals surface area contributed by atoms with Crippen LogP contribution in [-0.4, -0.2) is 6.26 Å². The van der Waals surface area contributed by atoms with Crippen LogP contribution in [0.1, 0.15) is 18.1 Å². The minimum Gasteiger partial charge on any atom is -0.311 e. The molecule has 0 aromatic heterocycles. The number of hydrogen-bond donors (Lipinski definition) is 1. The summed E-state index contributed by atoms with van der Waals surface area (Å²) < 4.78 is 0. The van der Waals surface area contributed by atoms with Gasteiger partial charge >= 0.3 is 0 Å². The molecule has 0 fully saturated rings. The Bertz CT molecular complexity index is 1670. The summed E-state index contributed by atoms with van der Waals surface area (Å²) >= 11 is 6.17. The van der Waals surface area contributed by atoms with E-state index < -0.39 is 0 Å². The number of allylic oxidation sites excluding steroid dienone is 4. The van der Waals surface area contributed by atoms with E-state index in [1.54, 1.807) is 11.8 Å². The zero-order valence-corrected chi connectivity index (χ0v) is 26.3. The van der Waals surface area contributed by atoms with Crippen LogP contribution in [0.4, 0.5) is 28.4 Å². The standard InChI is InChI=1S/C39H36N2S2/c1-4-32(18-15-30(2)40(34-11-7-5-8-12-34)36-21-16-31(29-42)17-22-36)33-19-23-37(24-20-33)41(35-13-9-6-10-14-35)38-25-27-39(43-3)28-26-38/h4-28,42H,2,29H2,1,3H3/b18-15-,32-4+. The van der Waals surface area contributed by atoms with Crippen LogP contribution in [0.3, 0.4) is 0 Å². The van der Waals surface area contributed by atoms with Gasteiger partial charge in [0.25, 0.3) is 0 Å². The fourth-order valence-corrected chi connectivity index (χ4v) is 5.61. The summed E-state index contributed by atoms with van der Waals surface area (Å²) in [6.07, 6.45) is 8.48. The van der Waals surface area contributed by atoms with Crippen molar-refractivity contribution >= 4 is 58.4 Å². The van der Waals surface area contributed by atoms with Gasteiger partial charge in [-0.3, -0.25) is 0 Å². The van der Waals surface area contributed by atoms with Gasteiger partial charge in [-0.25, -0.2) is 0 Å². The number of para-hydroxylation sites is 2.